The van der Waals surface area contributed by atoms with Crippen LogP contribution in [-0.2, 0) is 15.3 Å². The number of carboxylic acid groups (broad SMARTS) is 1. The maximum Gasteiger partial charge on any atom is 0.306 e. The number of aliphatic carboxylic acids is 1. The third-order valence-corrected chi connectivity index (χ3v) is 5.16. The molecule has 0 aromatic heterocycles. The van der Waals surface area contributed by atoms with Gasteiger partial charge in [-0.3, -0.25) is 9.59 Å². The molecule has 0 heterocycles. The summed E-state index contributed by atoms with van der Waals surface area (Å²) in [7, 11) is 0. The van der Waals surface area contributed by atoms with Crippen LogP contribution >= 0.6 is 11.8 Å². The highest BCUT2D eigenvalue weighted by Crippen LogP contribution is 2.29. The fraction of sp³-hybridized carbons (Fsp3) is 0.529. The Morgan fingerprint density at radius 2 is 2.00 bits per heavy atom. The highest BCUT2D eigenvalue weighted by molar-refractivity contribution is 7.98. The second-order valence-electron chi connectivity index (χ2n) is 5.83. The molecule has 1 saturated carbocycles. The highest BCUT2D eigenvalue weighted by atomic mass is 32.2. The summed E-state index contributed by atoms with van der Waals surface area (Å²) in [6, 6.07) is 6.68. The van der Waals surface area contributed by atoms with Gasteiger partial charge in [-0.15, -0.1) is 0 Å². The first-order valence-electron chi connectivity index (χ1n) is 7.89. The lowest BCUT2D eigenvalue weighted by molar-refractivity contribution is -0.144. The molecule has 2 rings (SSSR count). The topological polar surface area (TPSA) is 66.4 Å². The number of nitrogens with one attached hydrogen (secondary N) is 1. The van der Waals surface area contributed by atoms with Crippen molar-refractivity contribution in [3.8, 4) is 0 Å². The van der Waals surface area contributed by atoms with Crippen LogP contribution in [0.25, 0.3) is 0 Å². The molecule has 23 heavy (non-hydrogen) atoms. The summed E-state index contributed by atoms with van der Waals surface area (Å²) in [5, 5.41) is 11.9. The Labute approximate surface area is 139 Å². The Morgan fingerprint density at radius 3 is 2.74 bits per heavy atom. The van der Waals surface area contributed by atoms with E-state index in [1.165, 1.54) is 6.07 Å². The van der Waals surface area contributed by atoms with Crippen LogP contribution in [0.15, 0.2) is 24.3 Å². The summed E-state index contributed by atoms with van der Waals surface area (Å²) in [5.41, 5.74) is 0.667. The molecule has 1 aliphatic carbocycles. The van der Waals surface area contributed by atoms with E-state index in [-0.39, 0.29) is 17.6 Å². The predicted molar refractivity (Wildman–Crippen MR) is 88.7 cm³/mol. The zero-order valence-electron chi connectivity index (χ0n) is 13.0. The maximum absolute atomic E-state index is 13.4. The minimum absolute atomic E-state index is 0.0533. The second kappa shape index (κ2) is 8.91. The molecule has 0 aliphatic heterocycles. The van der Waals surface area contributed by atoms with Crippen molar-refractivity contribution in [3.63, 3.8) is 0 Å². The van der Waals surface area contributed by atoms with E-state index in [0.29, 0.717) is 36.5 Å². The van der Waals surface area contributed by atoms with Crippen molar-refractivity contribution >= 4 is 23.6 Å². The van der Waals surface area contributed by atoms with Gasteiger partial charge in [0.05, 0.1) is 5.92 Å². The number of hydrogen-bond donors (Lipinski definition) is 2. The summed E-state index contributed by atoms with van der Waals surface area (Å²) in [6.07, 6.45) is 2.65. The average Bonchev–Trinajstić information content (AvgIpc) is 2.56. The number of thioether (sulfide) groups is 1. The van der Waals surface area contributed by atoms with Crippen molar-refractivity contribution in [3.05, 3.63) is 35.6 Å². The highest BCUT2D eigenvalue weighted by Gasteiger charge is 2.30. The molecule has 1 aromatic rings. The van der Waals surface area contributed by atoms with E-state index >= 15 is 0 Å². The number of rotatable bonds is 7. The maximum atomic E-state index is 13.4. The van der Waals surface area contributed by atoms with Gasteiger partial charge in [-0.05, 0) is 30.9 Å². The van der Waals surface area contributed by atoms with Gasteiger partial charge in [0.15, 0.2) is 0 Å². The third kappa shape index (κ3) is 5.53. The van der Waals surface area contributed by atoms with E-state index in [4.69, 9.17) is 5.11 Å². The van der Waals surface area contributed by atoms with Crippen LogP contribution in [-0.4, -0.2) is 29.3 Å². The van der Waals surface area contributed by atoms with Gasteiger partial charge in [0.1, 0.15) is 5.82 Å². The fourth-order valence-corrected chi connectivity index (χ4v) is 3.69. The molecule has 0 spiro atoms. The van der Waals surface area contributed by atoms with Gasteiger partial charge in [-0.1, -0.05) is 24.6 Å². The number of benzene rings is 1. The summed E-state index contributed by atoms with van der Waals surface area (Å²) in [6.45, 7) is 0.520. The number of halogens is 1. The van der Waals surface area contributed by atoms with E-state index in [2.05, 4.69) is 5.32 Å². The quantitative estimate of drug-likeness (QED) is 0.749. The minimum atomic E-state index is -0.803. The van der Waals surface area contributed by atoms with Gasteiger partial charge < -0.3 is 10.4 Å². The van der Waals surface area contributed by atoms with Gasteiger partial charge in [0.2, 0.25) is 5.91 Å². The molecule has 1 fully saturated rings. The van der Waals surface area contributed by atoms with E-state index in [1.54, 1.807) is 23.9 Å². The Morgan fingerprint density at radius 1 is 1.26 bits per heavy atom. The van der Waals surface area contributed by atoms with Crippen LogP contribution in [0, 0.1) is 17.7 Å². The fourth-order valence-electron chi connectivity index (χ4n) is 2.84. The number of carboxylic acids is 1. The third-order valence-electron chi connectivity index (χ3n) is 4.16. The number of carbonyl (C=O) groups excluding carboxylic acids is 1. The summed E-state index contributed by atoms with van der Waals surface area (Å²) < 4.78 is 13.4. The Bertz CT molecular complexity index is 552. The van der Waals surface area contributed by atoms with Crippen LogP contribution in [0.3, 0.4) is 0 Å². The molecule has 2 atom stereocenters. The molecule has 0 bridgehead atoms. The zero-order chi connectivity index (χ0) is 16.7. The van der Waals surface area contributed by atoms with E-state index in [9.17, 15) is 14.0 Å². The molecule has 2 unspecified atom stereocenters. The molecular formula is C17H22FNO3S. The van der Waals surface area contributed by atoms with Crippen molar-refractivity contribution in [2.75, 3.05) is 12.3 Å². The molecular weight excluding hydrogens is 317 g/mol. The number of amides is 1. The Balaban J connectivity index is 1.65. The van der Waals surface area contributed by atoms with Crippen LogP contribution < -0.4 is 5.32 Å². The average molecular weight is 339 g/mol. The van der Waals surface area contributed by atoms with E-state index < -0.39 is 11.9 Å². The van der Waals surface area contributed by atoms with E-state index in [0.717, 1.165) is 12.8 Å². The molecule has 0 saturated heterocycles. The van der Waals surface area contributed by atoms with Gasteiger partial charge in [-0.2, -0.15) is 11.8 Å². The summed E-state index contributed by atoms with van der Waals surface area (Å²) in [4.78, 5) is 23.1. The smallest absolute Gasteiger partial charge is 0.306 e. The van der Waals surface area contributed by atoms with E-state index in [1.807, 2.05) is 6.07 Å². The number of carbonyl (C=O) groups is 2. The van der Waals surface area contributed by atoms with Gasteiger partial charge in [0, 0.05) is 24.0 Å². The Kier molecular flexibility index (Phi) is 6.89. The summed E-state index contributed by atoms with van der Waals surface area (Å²) in [5.74, 6) is -0.366. The normalized spacial score (nSPS) is 20.9. The SMILES string of the molecule is O=C(O)C1CCCC(C(=O)NCCSCc2ccccc2F)C1. The molecule has 1 amide bonds. The van der Waals surface area contributed by atoms with Crippen molar-refractivity contribution in [1.82, 2.24) is 5.32 Å². The second-order valence-corrected chi connectivity index (χ2v) is 6.94. The van der Waals surface area contributed by atoms with Crippen molar-refractivity contribution in [2.45, 2.75) is 31.4 Å². The van der Waals surface area contributed by atoms with Crippen LogP contribution in [0.2, 0.25) is 0 Å². The van der Waals surface area contributed by atoms with Gasteiger partial charge in [-0.25, -0.2) is 4.39 Å². The standard InChI is InChI=1S/C17H22FNO3S/c18-15-7-2-1-4-14(15)11-23-9-8-19-16(20)12-5-3-6-13(10-12)17(21)22/h1-2,4,7,12-13H,3,5-6,8-11H2,(H,19,20)(H,21,22). The number of hydrogen-bond acceptors (Lipinski definition) is 3. The molecule has 0 radical (unpaired) electrons. The zero-order valence-corrected chi connectivity index (χ0v) is 13.8. The lowest BCUT2D eigenvalue weighted by Crippen LogP contribution is -2.36. The first-order valence-corrected chi connectivity index (χ1v) is 9.05. The van der Waals surface area contributed by atoms with Crippen molar-refractivity contribution in [2.24, 2.45) is 11.8 Å². The molecule has 6 heteroatoms. The predicted octanol–water partition coefficient (Wildman–Crippen LogP) is 3.07. The molecule has 4 nitrogen and oxygen atoms in total. The summed E-state index contributed by atoms with van der Waals surface area (Å²) >= 11 is 1.57. The minimum Gasteiger partial charge on any atom is -0.481 e. The first kappa shape index (κ1) is 17.8. The van der Waals surface area contributed by atoms with Gasteiger partial charge in [0.25, 0.3) is 0 Å². The first-order chi connectivity index (χ1) is 11.1. The van der Waals surface area contributed by atoms with Crippen molar-refractivity contribution < 1.29 is 19.1 Å². The van der Waals surface area contributed by atoms with Crippen LogP contribution in [0.1, 0.15) is 31.2 Å². The lowest BCUT2D eigenvalue weighted by atomic mass is 9.81. The largest absolute Gasteiger partial charge is 0.481 e. The van der Waals surface area contributed by atoms with Crippen LogP contribution in [0.4, 0.5) is 4.39 Å². The molecule has 1 aliphatic rings. The molecule has 2 N–H and O–H groups in total. The van der Waals surface area contributed by atoms with Crippen molar-refractivity contribution in [1.29, 1.82) is 0 Å². The molecule has 1 aromatic carbocycles. The van der Waals surface area contributed by atoms with Crippen LogP contribution in [0.5, 0.6) is 0 Å². The van der Waals surface area contributed by atoms with Gasteiger partial charge >= 0.3 is 5.97 Å². The molecule has 126 valence electrons. The lowest BCUT2D eigenvalue weighted by Gasteiger charge is -2.25. The monoisotopic (exact) mass is 339 g/mol. The Hall–Kier alpha value is -1.56.